The van der Waals surface area contributed by atoms with Gasteiger partial charge in [-0.25, -0.2) is 0 Å². The predicted octanol–water partition coefficient (Wildman–Crippen LogP) is 15.7. The second-order valence-corrected chi connectivity index (χ2v) is 15.5. The van der Waals surface area contributed by atoms with Crippen molar-refractivity contribution in [2.45, 2.75) is 78.3 Å². The number of benzene rings is 7. The molecule has 56 heavy (non-hydrogen) atoms. The highest BCUT2D eigenvalue weighted by atomic mass is 15.0. The molecule has 0 N–H and O–H groups in total. The van der Waals surface area contributed by atoms with E-state index in [9.17, 15) is 0 Å². The summed E-state index contributed by atoms with van der Waals surface area (Å²) in [5.74, 6) is 0. The normalized spacial score (nSPS) is 11.8. The molecule has 2 aromatic heterocycles. The number of hydrogen-bond acceptors (Lipinski definition) is 0. The van der Waals surface area contributed by atoms with Gasteiger partial charge in [0.15, 0.2) is 0 Å². The highest BCUT2D eigenvalue weighted by Gasteiger charge is 2.28. The molecular formula is C54H52N2. The van der Waals surface area contributed by atoms with Crippen molar-refractivity contribution in [2.75, 3.05) is 0 Å². The van der Waals surface area contributed by atoms with Crippen molar-refractivity contribution in [3.8, 4) is 44.5 Å². The Morgan fingerprint density at radius 2 is 0.696 bits per heavy atom. The number of aryl methyl sites for hydroxylation is 2. The molecule has 0 saturated heterocycles. The van der Waals surface area contributed by atoms with Crippen LogP contribution in [0.1, 0.15) is 65.2 Å². The summed E-state index contributed by atoms with van der Waals surface area (Å²) in [7, 11) is 0. The van der Waals surface area contributed by atoms with Crippen molar-refractivity contribution in [1.82, 2.24) is 9.13 Å². The Kier molecular flexibility index (Phi) is 10.3. The fourth-order valence-electron chi connectivity index (χ4n) is 9.22. The Morgan fingerprint density at radius 3 is 1.05 bits per heavy atom. The average molecular weight is 729 g/mol. The van der Waals surface area contributed by atoms with E-state index < -0.39 is 0 Å². The predicted molar refractivity (Wildman–Crippen MR) is 242 cm³/mol. The summed E-state index contributed by atoms with van der Waals surface area (Å²) in [6, 6.07) is 58.9. The third-order valence-corrected chi connectivity index (χ3v) is 11.9. The van der Waals surface area contributed by atoms with Crippen LogP contribution in [-0.4, -0.2) is 9.13 Å². The molecule has 0 amide bonds. The lowest BCUT2D eigenvalue weighted by Gasteiger charge is -2.18. The van der Waals surface area contributed by atoms with Crippen molar-refractivity contribution >= 4 is 43.6 Å². The molecule has 278 valence electrons. The van der Waals surface area contributed by atoms with Crippen LogP contribution in [0, 0.1) is 0 Å². The molecule has 7 aromatic carbocycles. The van der Waals surface area contributed by atoms with Crippen LogP contribution in [0.25, 0.3) is 88.1 Å². The van der Waals surface area contributed by atoms with Crippen molar-refractivity contribution in [3.63, 3.8) is 0 Å². The Labute approximate surface area is 332 Å². The zero-order valence-electron chi connectivity index (χ0n) is 33.0. The van der Waals surface area contributed by atoms with E-state index in [1.807, 2.05) is 0 Å². The van der Waals surface area contributed by atoms with E-state index in [4.69, 9.17) is 0 Å². The molecule has 2 heteroatoms. The molecule has 2 heterocycles. The van der Waals surface area contributed by atoms with Crippen molar-refractivity contribution < 1.29 is 0 Å². The second-order valence-electron chi connectivity index (χ2n) is 15.5. The maximum atomic E-state index is 2.70. The summed E-state index contributed by atoms with van der Waals surface area (Å²) in [5, 5.41) is 5.41. The van der Waals surface area contributed by atoms with Crippen molar-refractivity contribution in [1.29, 1.82) is 0 Å². The molecule has 0 spiro atoms. The average Bonchev–Trinajstić information content (AvgIpc) is 3.76. The van der Waals surface area contributed by atoms with Crippen LogP contribution in [0.15, 0.2) is 158 Å². The summed E-state index contributed by atoms with van der Waals surface area (Å²) >= 11 is 0. The number of rotatable bonds is 14. The van der Waals surface area contributed by atoms with E-state index >= 15 is 0 Å². The molecule has 0 radical (unpaired) electrons. The van der Waals surface area contributed by atoms with Crippen LogP contribution in [-0.2, 0) is 13.1 Å². The zero-order chi connectivity index (χ0) is 37.8. The first-order chi connectivity index (χ1) is 27.8. The van der Waals surface area contributed by atoms with Crippen LogP contribution < -0.4 is 0 Å². The van der Waals surface area contributed by atoms with Gasteiger partial charge in [-0.05, 0) is 70.5 Å². The minimum Gasteiger partial charge on any atom is -0.340 e. The molecule has 0 bridgehead atoms. The molecule has 9 rings (SSSR count). The monoisotopic (exact) mass is 728 g/mol. The highest BCUT2D eigenvalue weighted by Crippen LogP contribution is 2.51. The molecule has 0 unspecified atom stereocenters. The van der Waals surface area contributed by atoms with Crippen LogP contribution in [0.2, 0.25) is 0 Å². The van der Waals surface area contributed by atoms with Gasteiger partial charge in [-0.15, -0.1) is 0 Å². The van der Waals surface area contributed by atoms with E-state index in [1.165, 1.54) is 127 Å². The van der Waals surface area contributed by atoms with Gasteiger partial charge in [0, 0.05) is 56.8 Å². The van der Waals surface area contributed by atoms with Gasteiger partial charge in [-0.1, -0.05) is 186 Å². The molecule has 0 aliphatic heterocycles. The number of fused-ring (bicyclic) bond motifs is 6. The van der Waals surface area contributed by atoms with E-state index in [-0.39, 0.29) is 0 Å². The third-order valence-electron chi connectivity index (χ3n) is 11.9. The lowest BCUT2D eigenvalue weighted by molar-refractivity contribution is 0.602. The molecule has 0 aliphatic carbocycles. The molecule has 9 aromatic rings. The van der Waals surface area contributed by atoms with Gasteiger partial charge in [0.05, 0.1) is 11.0 Å². The smallest absolute Gasteiger partial charge is 0.0585 e. The lowest BCUT2D eigenvalue weighted by atomic mass is 9.89. The summed E-state index contributed by atoms with van der Waals surface area (Å²) in [5.41, 5.74) is 15.6. The molecule has 0 atom stereocenters. The van der Waals surface area contributed by atoms with E-state index in [0.29, 0.717) is 0 Å². The van der Waals surface area contributed by atoms with Crippen molar-refractivity contribution in [2.24, 2.45) is 0 Å². The minimum absolute atomic E-state index is 0.981. The van der Waals surface area contributed by atoms with Crippen LogP contribution in [0.4, 0.5) is 0 Å². The topological polar surface area (TPSA) is 9.86 Å². The summed E-state index contributed by atoms with van der Waals surface area (Å²) in [6.07, 6.45) is 9.72. The maximum absolute atomic E-state index is 2.70. The van der Waals surface area contributed by atoms with Gasteiger partial charge in [-0.3, -0.25) is 0 Å². The van der Waals surface area contributed by atoms with E-state index in [2.05, 4.69) is 181 Å². The van der Waals surface area contributed by atoms with Crippen LogP contribution >= 0.6 is 0 Å². The Bertz CT molecular complexity index is 2540. The van der Waals surface area contributed by atoms with Gasteiger partial charge in [0.1, 0.15) is 0 Å². The second kappa shape index (κ2) is 16.1. The van der Waals surface area contributed by atoms with Crippen molar-refractivity contribution in [3.05, 3.63) is 158 Å². The SMILES string of the molecule is CCCCCCn1c2ccc(-c3ccccc3)cc2c2c(-c3ccccc3)c3c(c(-c4ccccc4)c21)c1cc(-c2ccccc2)ccc1n3CCCCCC. The van der Waals surface area contributed by atoms with Crippen LogP contribution in [0.5, 0.6) is 0 Å². The standard InChI is InChI=1S/C54H52N2/c1-3-5-7-21-35-55-47-33-31-43(39-23-13-9-14-24-39)37-45(47)51-50(42-29-19-12-20-30-42)54-52(49(53(51)55)41-27-17-11-18-28-41)46-38-44(40-25-15-10-16-26-40)32-34-48(46)56(54)36-22-8-6-4-2/h9-20,23-34,37-38H,3-8,21-22,35-36H2,1-2H3. The first kappa shape index (κ1) is 35.8. The van der Waals surface area contributed by atoms with Gasteiger partial charge in [0.2, 0.25) is 0 Å². The third kappa shape index (κ3) is 6.52. The van der Waals surface area contributed by atoms with E-state index in [1.54, 1.807) is 0 Å². The summed E-state index contributed by atoms with van der Waals surface area (Å²) in [6.45, 7) is 6.58. The zero-order valence-corrected chi connectivity index (χ0v) is 33.0. The van der Waals surface area contributed by atoms with Gasteiger partial charge in [-0.2, -0.15) is 0 Å². The maximum Gasteiger partial charge on any atom is 0.0585 e. The molecule has 0 saturated carbocycles. The fourth-order valence-corrected chi connectivity index (χ4v) is 9.22. The Morgan fingerprint density at radius 1 is 0.339 bits per heavy atom. The summed E-state index contributed by atoms with van der Waals surface area (Å²) in [4.78, 5) is 0. The summed E-state index contributed by atoms with van der Waals surface area (Å²) < 4.78 is 5.41. The number of unbranched alkanes of at least 4 members (excludes halogenated alkanes) is 6. The Balaban J connectivity index is 1.51. The first-order valence-electron chi connectivity index (χ1n) is 21.1. The van der Waals surface area contributed by atoms with Gasteiger partial charge >= 0.3 is 0 Å². The van der Waals surface area contributed by atoms with E-state index in [0.717, 1.165) is 25.9 Å². The molecule has 0 fully saturated rings. The molecular weight excluding hydrogens is 677 g/mol. The Hall–Kier alpha value is -5.86. The lowest BCUT2D eigenvalue weighted by Crippen LogP contribution is -2.02. The molecule has 2 nitrogen and oxygen atoms in total. The molecule has 0 aliphatic rings. The number of hydrogen-bond donors (Lipinski definition) is 0. The van der Waals surface area contributed by atoms with Gasteiger partial charge < -0.3 is 9.13 Å². The largest absolute Gasteiger partial charge is 0.340 e. The number of aromatic nitrogens is 2. The quantitative estimate of drug-likeness (QED) is 0.0987. The number of nitrogens with zero attached hydrogens (tertiary/aromatic N) is 2. The first-order valence-corrected chi connectivity index (χ1v) is 21.1. The highest BCUT2D eigenvalue weighted by molar-refractivity contribution is 6.32. The minimum atomic E-state index is 0.981. The van der Waals surface area contributed by atoms with Crippen LogP contribution in [0.3, 0.4) is 0 Å². The fraction of sp³-hybridized carbons (Fsp3) is 0.222. The van der Waals surface area contributed by atoms with Gasteiger partial charge in [0.25, 0.3) is 0 Å².